The molecule has 0 aromatic rings. The van der Waals surface area contributed by atoms with Gasteiger partial charge in [-0.25, -0.2) is 4.79 Å². The average molecular weight is 264 g/mol. The predicted molar refractivity (Wildman–Crippen MR) is 56.0 cm³/mol. The third kappa shape index (κ3) is 3.73. The zero-order valence-corrected chi connectivity index (χ0v) is 9.51. The summed E-state index contributed by atoms with van der Waals surface area (Å²) < 4.78 is 14.3. The van der Waals surface area contributed by atoms with Crippen molar-refractivity contribution in [3.8, 4) is 0 Å². The lowest BCUT2D eigenvalue weighted by molar-refractivity contribution is -0.340. The molecule has 1 aliphatic rings. The summed E-state index contributed by atoms with van der Waals surface area (Å²) in [5.74, 6) is -0.626. The minimum absolute atomic E-state index is 0.105. The molecule has 0 aliphatic carbocycles. The fourth-order valence-electron chi connectivity index (χ4n) is 1.33. The molecule has 0 aromatic carbocycles. The van der Waals surface area contributed by atoms with Crippen molar-refractivity contribution < 1.29 is 39.4 Å². The molecule has 5 atom stereocenters. The highest BCUT2D eigenvalue weighted by molar-refractivity contribution is 5.81. The van der Waals surface area contributed by atoms with Gasteiger partial charge in [-0.15, -0.1) is 0 Å². The van der Waals surface area contributed by atoms with Crippen LogP contribution in [0.15, 0.2) is 12.7 Å². The van der Waals surface area contributed by atoms with E-state index in [9.17, 15) is 25.2 Å². The van der Waals surface area contributed by atoms with Gasteiger partial charge < -0.3 is 34.6 Å². The molecule has 1 aliphatic heterocycles. The molecule has 8 heteroatoms. The quantitative estimate of drug-likeness (QED) is 0.244. The number of carbonyl (C=O) groups is 1. The lowest BCUT2D eigenvalue weighted by Crippen LogP contribution is -2.58. The third-order valence-electron chi connectivity index (χ3n) is 2.32. The normalized spacial score (nSPS) is 36.1. The van der Waals surface area contributed by atoms with E-state index in [0.29, 0.717) is 0 Å². The second-order valence-corrected chi connectivity index (χ2v) is 3.61. The lowest BCUT2D eigenvalue weighted by atomic mass is 10.0. The van der Waals surface area contributed by atoms with Crippen molar-refractivity contribution in [1.29, 1.82) is 0 Å². The van der Waals surface area contributed by atoms with E-state index in [4.69, 9.17) is 9.47 Å². The summed E-state index contributed by atoms with van der Waals surface area (Å²) in [6.45, 7) is 2.98. The Hall–Kier alpha value is -1.03. The van der Waals surface area contributed by atoms with E-state index in [2.05, 4.69) is 11.3 Å². The Balaban J connectivity index is 2.33. The molecular weight excluding hydrogens is 248 g/mol. The summed E-state index contributed by atoms with van der Waals surface area (Å²) >= 11 is 0. The molecule has 8 nitrogen and oxygen atoms in total. The lowest BCUT2D eigenvalue weighted by Gasteiger charge is -2.37. The van der Waals surface area contributed by atoms with Gasteiger partial charge in [-0.3, -0.25) is 0 Å². The maximum atomic E-state index is 10.7. The predicted octanol–water partition coefficient (Wildman–Crippen LogP) is -2.51. The highest BCUT2D eigenvalue weighted by Gasteiger charge is 2.43. The summed E-state index contributed by atoms with van der Waals surface area (Å²) in [5, 5.41) is 37.2. The van der Waals surface area contributed by atoms with Crippen molar-refractivity contribution in [3.05, 3.63) is 12.7 Å². The second kappa shape index (κ2) is 6.78. The van der Waals surface area contributed by atoms with Gasteiger partial charge in [0, 0.05) is 6.08 Å². The Bertz CT molecular complexity index is 294. The van der Waals surface area contributed by atoms with Crippen molar-refractivity contribution in [1.82, 2.24) is 0 Å². The van der Waals surface area contributed by atoms with Crippen LogP contribution in [0, 0.1) is 0 Å². The minimum atomic E-state index is -1.66. The van der Waals surface area contributed by atoms with Gasteiger partial charge in [0.05, 0.1) is 6.61 Å². The SMILES string of the molecule is C=CC(=O)OCCOC1OC(O)C(O)C(O)C1O. The van der Waals surface area contributed by atoms with E-state index in [1.807, 2.05) is 0 Å². The summed E-state index contributed by atoms with van der Waals surface area (Å²) in [4.78, 5) is 10.7. The molecule has 18 heavy (non-hydrogen) atoms. The molecule has 1 heterocycles. The number of aliphatic hydroxyl groups is 4. The van der Waals surface area contributed by atoms with Gasteiger partial charge >= 0.3 is 5.97 Å². The van der Waals surface area contributed by atoms with Crippen molar-refractivity contribution in [2.45, 2.75) is 30.9 Å². The first-order valence-corrected chi connectivity index (χ1v) is 5.26. The zero-order chi connectivity index (χ0) is 13.7. The van der Waals surface area contributed by atoms with Crippen molar-refractivity contribution >= 4 is 5.97 Å². The maximum absolute atomic E-state index is 10.7. The van der Waals surface area contributed by atoms with E-state index in [1.165, 1.54) is 0 Å². The Morgan fingerprint density at radius 3 is 2.44 bits per heavy atom. The molecule has 0 amide bonds. The van der Waals surface area contributed by atoms with E-state index in [1.54, 1.807) is 0 Å². The standard InChI is InChI=1S/C10H16O8/c1-2-5(11)16-3-4-17-10-8(14)6(12)7(13)9(15)18-10/h2,6-10,12-15H,1,3-4H2. The Morgan fingerprint density at radius 1 is 1.17 bits per heavy atom. The number of hydrogen-bond acceptors (Lipinski definition) is 8. The second-order valence-electron chi connectivity index (χ2n) is 3.61. The summed E-state index contributed by atoms with van der Waals surface area (Å²) in [6, 6.07) is 0. The Morgan fingerprint density at radius 2 is 1.83 bits per heavy atom. The molecule has 0 saturated carbocycles. The first-order chi connectivity index (χ1) is 8.47. The molecule has 0 bridgehead atoms. The van der Waals surface area contributed by atoms with E-state index >= 15 is 0 Å². The van der Waals surface area contributed by atoms with Gasteiger partial charge in [0.15, 0.2) is 12.6 Å². The van der Waals surface area contributed by atoms with E-state index in [-0.39, 0.29) is 13.2 Å². The highest BCUT2D eigenvalue weighted by atomic mass is 16.7. The van der Waals surface area contributed by atoms with Crippen LogP contribution in [-0.4, -0.2) is 70.5 Å². The third-order valence-corrected chi connectivity index (χ3v) is 2.32. The molecule has 4 N–H and O–H groups in total. The van der Waals surface area contributed by atoms with Gasteiger partial charge in [0.25, 0.3) is 0 Å². The van der Waals surface area contributed by atoms with Gasteiger partial charge in [-0.1, -0.05) is 6.58 Å². The first-order valence-electron chi connectivity index (χ1n) is 5.26. The van der Waals surface area contributed by atoms with Crippen LogP contribution in [0.5, 0.6) is 0 Å². The van der Waals surface area contributed by atoms with Crippen molar-refractivity contribution in [3.63, 3.8) is 0 Å². The van der Waals surface area contributed by atoms with Crippen LogP contribution in [0.25, 0.3) is 0 Å². The summed E-state index contributed by atoms with van der Waals surface area (Å²) in [5.41, 5.74) is 0. The number of carbonyl (C=O) groups excluding carboxylic acids is 1. The van der Waals surface area contributed by atoms with E-state index in [0.717, 1.165) is 6.08 Å². The fraction of sp³-hybridized carbons (Fsp3) is 0.700. The number of hydrogen-bond donors (Lipinski definition) is 4. The molecule has 0 spiro atoms. The Kier molecular flexibility index (Phi) is 5.66. The average Bonchev–Trinajstić information content (AvgIpc) is 2.37. The number of ether oxygens (including phenoxy) is 3. The number of esters is 1. The molecule has 104 valence electrons. The molecule has 5 unspecified atom stereocenters. The maximum Gasteiger partial charge on any atom is 0.330 e. The molecule has 1 rings (SSSR count). The number of aliphatic hydroxyl groups excluding tert-OH is 4. The van der Waals surface area contributed by atoms with Gasteiger partial charge in [0.1, 0.15) is 24.9 Å². The first kappa shape index (κ1) is 15.0. The largest absolute Gasteiger partial charge is 0.460 e. The monoisotopic (exact) mass is 264 g/mol. The summed E-state index contributed by atoms with van der Waals surface area (Å²) in [7, 11) is 0. The number of rotatable bonds is 5. The van der Waals surface area contributed by atoms with Crippen LogP contribution >= 0.6 is 0 Å². The van der Waals surface area contributed by atoms with E-state index < -0.39 is 36.9 Å². The van der Waals surface area contributed by atoms with Gasteiger partial charge in [0.2, 0.25) is 0 Å². The van der Waals surface area contributed by atoms with Crippen molar-refractivity contribution in [2.24, 2.45) is 0 Å². The van der Waals surface area contributed by atoms with Crippen molar-refractivity contribution in [2.75, 3.05) is 13.2 Å². The van der Waals surface area contributed by atoms with Gasteiger partial charge in [-0.05, 0) is 0 Å². The molecular formula is C10H16O8. The van der Waals surface area contributed by atoms with Crippen LogP contribution < -0.4 is 0 Å². The fourth-order valence-corrected chi connectivity index (χ4v) is 1.33. The van der Waals surface area contributed by atoms with Crippen LogP contribution in [0.1, 0.15) is 0 Å². The van der Waals surface area contributed by atoms with Crippen LogP contribution in [-0.2, 0) is 19.0 Å². The van der Waals surface area contributed by atoms with Gasteiger partial charge in [-0.2, -0.15) is 0 Å². The molecule has 1 fully saturated rings. The zero-order valence-electron chi connectivity index (χ0n) is 9.51. The minimum Gasteiger partial charge on any atom is -0.460 e. The summed E-state index contributed by atoms with van der Waals surface area (Å²) in [6.07, 6.45) is -6.72. The molecule has 0 radical (unpaired) electrons. The smallest absolute Gasteiger partial charge is 0.330 e. The van der Waals surface area contributed by atoms with Crippen LogP contribution in [0.4, 0.5) is 0 Å². The highest BCUT2D eigenvalue weighted by Crippen LogP contribution is 2.20. The molecule has 1 saturated heterocycles. The molecule has 0 aromatic heterocycles. The van der Waals surface area contributed by atoms with Crippen LogP contribution in [0.2, 0.25) is 0 Å². The Labute approximate surface area is 103 Å². The van der Waals surface area contributed by atoms with Crippen LogP contribution in [0.3, 0.4) is 0 Å². The topological polar surface area (TPSA) is 126 Å².